The Morgan fingerprint density at radius 1 is 0.889 bits per heavy atom. The second-order valence-electron chi connectivity index (χ2n) is 7.75. The molecule has 1 unspecified atom stereocenters. The summed E-state index contributed by atoms with van der Waals surface area (Å²) in [4.78, 5) is 9.77. The van der Waals surface area contributed by atoms with E-state index in [1.807, 2.05) is 0 Å². The van der Waals surface area contributed by atoms with Crippen LogP contribution in [0.3, 0.4) is 0 Å². The van der Waals surface area contributed by atoms with Gasteiger partial charge in [-0.3, -0.25) is 9.35 Å². The Kier molecular flexibility index (Phi) is 14.6. The summed E-state index contributed by atoms with van der Waals surface area (Å²) in [5.41, 5.74) is 0. The van der Waals surface area contributed by atoms with E-state index in [0.717, 1.165) is 25.3 Å². The van der Waals surface area contributed by atoms with Crippen LogP contribution in [0.1, 0.15) is 110 Å². The monoisotopic (exact) mass is 403 g/mol. The topological polar surface area (TPSA) is 83.5 Å². The molecule has 0 fully saturated rings. The Hall–Kier alpha value is -0.880. The zero-order valence-corrected chi connectivity index (χ0v) is 18.3. The third-order valence-electron chi connectivity index (χ3n) is 5.15. The van der Waals surface area contributed by atoms with Crippen molar-refractivity contribution in [2.24, 2.45) is 0 Å². The van der Waals surface area contributed by atoms with Crippen molar-refractivity contribution in [2.75, 3.05) is 0 Å². The Morgan fingerprint density at radius 3 is 1.59 bits per heavy atom. The summed E-state index contributed by atoms with van der Waals surface area (Å²) >= 11 is 0. The minimum atomic E-state index is -4.37. The van der Waals surface area contributed by atoms with Gasteiger partial charge in [0.05, 0.1) is 0 Å². The summed E-state index contributed by atoms with van der Waals surface area (Å²) in [5.74, 6) is -0.597. The highest BCUT2D eigenvalue weighted by Crippen LogP contribution is 2.22. The van der Waals surface area contributed by atoms with E-state index < -0.39 is 20.9 Å². The van der Waals surface area contributed by atoms with Gasteiger partial charge in [0.2, 0.25) is 5.91 Å². The highest BCUT2D eigenvalue weighted by molar-refractivity contribution is 7.87. The van der Waals surface area contributed by atoms with E-state index in [0.29, 0.717) is 6.42 Å². The van der Waals surface area contributed by atoms with Gasteiger partial charge in [-0.25, -0.2) is 0 Å². The molecule has 0 bridgehead atoms. The van der Waals surface area contributed by atoms with Crippen molar-refractivity contribution in [1.82, 2.24) is 5.32 Å². The van der Waals surface area contributed by atoms with E-state index in [-0.39, 0.29) is 6.42 Å². The van der Waals surface area contributed by atoms with Crippen LogP contribution in [0.15, 0.2) is 12.7 Å². The molecule has 160 valence electrons. The lowest BCUT2D eigenvalue weighted by atomic mass is 10.0. The molecule has 0 spiro atoms. The molecule has 5 nitrogen and oxygen atoms in total. The average molecular weight is 404 g/mol. The molecule has 0 saturated carbocycles. The molecule has 0 heterocycles. The minimum absolute atomic E-state index is 0.198. The van der Waals surface area contributed by atoms with Crippen LogP contribution in [0.5, 0.6) is 0 Å². The zero-order chi connectivity index (χ0) is 20.6. The Labute approximate surface area is 167 Å². The van der Waals surface area contributed by atoms with Crippen LogP contribution in [-0.4, -0.2) is 23.7 Å². The Bertz CT molecular complexity index is 504. The number of hydrogen-bond acceptors (Lipinski definition) is 3. The Balaban J connectivity index is 3.71. The van der Waals surface area contributed by atoms with Crippen LogP contribution >= 0.6 is 0 Å². The molecule has 0 aromatic carbocycles. The first kappa shape index (κ1) is 26.1. The lowest BCUT2D eigenvalue weighted by Crippen LogP contribution is -2.51. The minimum Gasteiger partial charge on any atom is -0.332 e. The van der Waals surface area contributed by atoms with Gasteiger partial charge in [-0.2, -0.15) is 8.42 Å². The van der Waals surface area contributed by atoms with Crippen LogP contribution < -0.4 is 5.32 Å². The maximum Gasteiger partial charge on any atom is 0.288 e. The van der Waals surface area contributed by atoms with Crippen molar-refractivity contribution in [2.45, 2.75) is 115 Å². The van der Waals surface area contributed by atoms with Gasteiger partial charge in [-0.05, 0) is 25.8 Å². The maximum absolute atomic E-state index is 11.6. The van der Waals surface area contributed by atoms with Crippen LogP contribution in [0.4, 0.5) is 0 Å². The SMILES string of the molecule is C=CC(=O)NC(C)(CCCCCCCCCCCCCCCC)S(=O)(=O)O. The molecule has 0 radical (unpaired) electrons. The molecule has 6 heteroatoms. The van der Waals surface area contributed by atoms with Crippen LogP contribution in [0, 0.1) is 0 Å². The molecule has 0 aromatic rings. The van der Waals surface area contributed by atoms with Gasteiger partial charge < -0.3 is 5.32 Å². The largest absolute Gasteiger partial charge is 0.332 e. The van der Waals surface area contributed by atoms with E-state index in [9.17, 15) is 17.8 Å². The van der Waals surface area contributed by atoms with Crippen LogP contribution in [-0.2, 0) is 14.9 Å². The number of nitrogens with one attached hydrogen (secondary N) is 1. The first-order chi connectivity index (χ1) is 12.8. The van der Waals surface area contributed by atoms with Crippen LogP contribution in [0.2, 0.25) is 0 Å². The number of carbonyl (C=O) groups is 1. The van der Waals surface area contributed by atoms with Crippen molar-refractivity contribution >= 4 is 16.0 Å². The van der Waals surface area contributed by atoms with Crippen molar-refractivity contribution < 1.29 is 17.8 Å². The molecule has 27 heavy (non-hydrogen) atoms. The summed E-state index contributed by atoms with van der Waals surface area (Å²) in [6.07, 6.45) is 18.2. The summed E-state index contributed by atoms with van der Waals surface area (Å²) < 4.78 is 32.6. The quantitative estimate of drug-likeness (QED) is 0.173. The Morgan fingerprint density at radius 2 is 1.26 bits per heavy atom. The van der Waals surface area contributed by atoms with E-state index in [1.165, 1.54) is 71.1 Å². The maximum atomic E-state index is 11.6. The molecule has 0 aromatic heterocycles. The first-order valence-corrected chi connectivity index (χ1v) is 12.1. The van der Waals surface area contributed by atoms with E-state index in [2.05, 4.69) is 18.8 Å². The third-order valence-corrected chi connectivity index (χ3v) is 6.59. The molecule has 2 N–H and O–H groups in total. The number of amides is 1. The molecule has 1 atom stereocenters. The summed E-state index contributed by atoms with van der Waals surface area (Å²) in [6, 6.07) is 0. The highest BCUT2D eigenvalue weighted by atomic mass is 32.2. The number of hydrogen-bond donors (Lipinski definition) is 2. The number of unbranched alkanes of at least 4 members (excludes halogenated alkanes) is 13. The van der Waals surface area contributed by atoms with Crippen LogP contribution in [0.25, 0.3) is 0 Å². The molecule has 0 rings (SSSR count). The fourth-order valence-corrected chi connectivity index (χ4v) is 3.86. The van der Waals surface area contributed by atoms with Crippen molar-refractivity contribution in [1.29, 1.82) is 0 Å². The molecular weight excluding hydrogens is 362 g/mol. The normalized spacial score (nSPS) is 13.9. The van der Waals surface area contributed by atoms with Gasteiger partial charge in [0.25, 0.3) is 10.1 Å². The van der Waals surface area contributed by atoms with Gasteiger partial charge in [0.1, 0.15) is 0 Å². The highest BCUT2D eigenvalue weighted by Gasteiger charge is 2.38. The zero-order valence-electron chi connectivity index (χ0n) is 17.5. The van der Waals surface area contributed by atoms with Gasteiger partial charge in [-0.15, -0.1) is 0 Å². The summed E-state index contributed by atoms with van der Waals surface area (Å²) in [5, 5.41) is 2.33. The number of rotatable bonds is 18. The van der Waals surface area contributed by atoms with Crippen molar-refractivity contribution in [3.05, 3.63) is 12.7 Å². The van der Waals surface area contributed by atoms with E-state index >= 15 is 0 Å². The standard InChI is InChI=1S/C21H41NO4S/c1-4-6-7-8-9-10-11-12-13-14-15-16-17-18-19-21(3,27(24,25)26)22-20(23)5-2/h5H,2,4,6-19H2,1,3H3,(H,22,23)(H,24,25,26). The van der Waals surface area contributed by atoms with Gasteiger partial charge in [0.15, 0.2) is 4.87 Å². The predicted octanol–water partition coefficient (Wildman–Crippen LogP) is 5.76. The van der Waals surface area contributed by atoms with E-state index in [1.54, 1.807) is 0 Å². The lowest BCUT2D eigenvalue weighted by Gasteiger charge is -2.27. The average Bonchev–Trinajstić information content (AvgIpc) is 2.61. The van der Waals surface area contributed by atoms with E-state index in [4.69, 9.17) is 0 Å². The molecule has 0 aliphatic rings. The molecule has 0 saturated heterocycles. The molecule has 1 amide bonds. The fourth-order valence-electron chi connectivity index (χ4n) is 3.22. The molecule has 0 aliphatic carbocycles. The molecule has 0 aliphatic heterocycles. The second-order valence-corrected chi connectivity index (χ2v) is 9.60. The van der Waals surface area contributed by atoms with Gasteiger partial charge in [-0.1, -0.05) is 97.0 Å². The van der Waals surface area contributed by atoms with Crippen molar-refractivity contribution in [3.63, 3.8) is 0 Å². The summed E-state index contributed by atoms with van der Waals surface area (Å²) in [6.45, 7) is 6.89. The first-order valence-electron chi connectivity index (χ1n) is 10.7. The molecular formula is C21H41NO4S. The fraction of sp³-hybridized carbons (Fsp3) is 0.857. The van der Waals surface area contributed by atoms with Crippen molar-refractivity contribution in [3.8, 4) is 0 Å². The summed E-state index contributed by atoms with van der Waals surface area (Å²) in [7, 11) is -4.37. The smallest absolute Gasteiger partial charge is 0.288 e. The number of carbonyl (C=O) groups excluding carboxylic acids is 1. The second kappa shape index (κ2) is 15.1. The lowest BCUT2D eigenvalue weighted by molar-refractivity contribution is -0.117. The third kappa shape index (κ3) is 13.0. The van der Waals surface area contributed by atoms with Gasteiger partial charge in [0, 0.05) is 0 Å². The predicted molar refractivity (Wildman–Crippen MR) is 113 cm³/mol. The van der Waals surface area contributed by atoms with Gasteiger partial charge >= 0.3 is 0 Å².